The molecule has 0 unspecified atom stereocenters. The lowest BCUT2D eigenvalue weighted by atomic mass is 10.2. The molecular weight excluding hydrogens is 462 g/mol. The lowest BCUT2D eigenvalue weighted by Crippen LogP contribution is -2.27. The molecule has 0 bridgehead atoms. The number of ketones is 1. The van der Waals surface area contributed by atoms with Gasteiger partial charge >= 0.3 is 0 Å². The second-order valence-corrected chi connectivity index (χ2v) is 8.95. The number of nitrogens with zero attached hydrogens (tertiary/aromatic N) is 5. The van der Waals surface area contributed by atoms with Crippen molar-refractivity contribution in [3.63, 3.8) is 0 Å². The van der Waals surface area contributed by atoms with E-state index in [9.17, 15) is 14.9 Å². The molecule has 9 heteroatoms. The maximum atomic E-state index is 13.3. The summed E-state index contributed by atoms with van der Waals surface area (Å²) in [7, 11) is 3.67. The van der Waals surface area contributed by atoms with E-state index in [1.165, 1.54) is 4.57 Å². The van der Waals surface area contributed by atoms with Crippen LogP contribution in [-0.4, -0.2) is 35.2 Å². The molecule has 0 N–H and O–H groups in total. The highest BCUT2D eigenvalue weighted by Crippen LogP contribution is 2.40. The third-order valence-electron chi connectivity index (χ3n) is 5.91. The van der Waals surface area contributed by atoms with Gasteiger partial charge in [-0.3, -0.25) is 14.2 Å². The molecule has 2 aromatic carbocycles. The summed E-state index contributed by atoms with van der Waals surface area (Å²) in [5.74, 6) is 0.738. The van der Waals surface area contributed by atoms with Crippen molar-refractivity contribution in [3.05, 3.63) is 94.4 Å². The first-order chi connectivity index (χ1) is 17.0. The molecule has 35 heavy (non-hydrogen) atoms. The van der Waals surface area contributed by atoms with Gasteiger partial charge in [0.1, 0.15) is 23.2 Å². The van der Waals surface area contributed by atoms with Crippen LogP contribution < -0.4 is 15.4 Å². The number of thioether (sulfide) groups is 1. The fourth-order valence-corrected chi connectivity index (χ4v) is 5.09. The van der Waals surface area contributed by atoms with Crippen molar-refractivity contribution in [1.29, 1.82) is 5.26 Å². The summed E-state index contributed by atoms with van der Waals surface area (Å²) in [5, 5.41) is 10.8. The minimum atomic E-state index is -0.342. The maximum absolute atomic E-state index is 13.3. The Bertz CT molecular complexity index is 1540. The third kappa shape index (κ3) is 3.98. The smallest absolute Gasteiger partial charge is 0.262 e. The third-order valence-corrected chi connectivity index (χ3v) is 6.88. The van der Waals surface area contributed by atoms with Crippen LogP contribution in [0.1, 0.15) is 5.76 Å². The quantitative estimate of drug-likeness (QED) is 0.176. The number of fused-ring (bicyclic) bond motifs is 2. The zero-order chi connectivity index (χ0) is 24.5. The monoisotopic (exact) mass is 483 g/mol. The van der Waals surface area contributed by atoms with Crippen LogP contribution in [0.5, 0.6) is 0 Å². The minimum absolute atomic E-state index is 0.0483. The summed E-state index contributed by atoms with van der Waals surface area (Å²) >= 11 is 1.13. The van der Waals surface area contributed by atoms with E-state index < -0.39 is 0 Å². The molecule has 5 rings (SSSR count). The van der Waals surface area contributed by atoms with Gasteiger partial charge in [0.15, 0.2) is 10.9 Å². The van der Waals surface area contributed by atoms with Crippen LogP contribution in [0.4, 0.5) is 11.4 Å². The number of allylic oxidation sites excluding steroid dienone is 1. The van der Waals surface area contributed by atoms with Gasteiger partial charge in [0.05, 0.1) is 40.8 Å². The average molecular weight is 484 g/mol. The summed E-state index contributed by atoms with van der Waals surface area (Å²) in [6, 6.07) is 20.4. The molecule has 1 aliphatic rings. The second kappa shape index (κ2) is 9.16. The highest BCUT2D eigenvalue weighted by molar-refractivity contribution is 7.99. The van der Waals surface area contributed by atoms with Crippen LogP contribution in [0.2, 0.25) is 0 Å². The molecule has 8 nitrogen and oxygen atoms in total. The van der Waals surface area contributed by atoms with Gasteiger partial charge in [-0.05, 0) is 36.4 Å². The first-order valence-electron chi connectivity index (χ1n) is 10.9. The fraction of sp³-hybridized carbons (Fsp3) is 0.154. The predicted octanol–water partition coefficient (Wildman–Crippen LogP) is 4.02. The van der Waals surface area contributed by atoms with Gasteiger partial charge in [-0.25, -0.2) is 4.98 Å². The lowest BCUT2D eigenvalue weighted by Gasteiger charge is -2.20. The zero-order valence-electron chi connectivity index (χ0n) is 19.1. The summed E-state index contributed by atoms with van der Waals surface area (Å²) in [6.07, 6.45) is 1.54. The van der Waals surface area contributed by atoms with E-state index in [4.69, 9.17) is 4.42 Å². The van der Waals surface area contributed by atoms with Crippen LogP contribution in [0.25, 0.3) is 10.9 Å². The Morgan fingerprint density at radius 1 is 1.03 bits per heavy atom. The van der Waals surface area contributed by atoms with E-state index in [-0.39, 0.29) is 29.2 Å². The molecule has 1 aliphatic heterocycles. The number of hydrogen-bond acceptors (Lipinski definition) is 8. The van der Waals surface area contributed by atoms with Gasteiger partial charge in [0.2, 0.25) is 0 Å². The van der Waals surface area contributed by atoms with Crippen LogP contribution in [0.15, 0.2) is 92.7 Å². The van der Waals surface area contributed by atoms with Crippen LogP contribution >= 0.6 is 11.8 Å². The van der Waals surface area contributed by atoms with E-state index >= 15 is 0 Å². The van der Waals surface area contributed by atoms with Gasteiger partial charge in [-0.15, -0.1) is 0 Å². The van der Waals surface area contributed by atoms with Crippen molar-refractivity contribution in [2.45, 2.75) is 11.7 Å². The Hall–Kier alpha value is -4.29. The molecule has 4 aromatic rings. The number of carbonyl (C=O) groups excluding carboxylic acids is 1. The topological polar surface area (TPSA) is 95.4 Å². The Morgan fingerprint density at radius 2 is 1.71 bits per heavy atom. The highest BCUT2D eigenvalue weighted by Gasteiger charge is 2.31. The van der Waals surface area contributed by atoms with Gasteiger partial charge in [0, 0.05) is 14.1 Å². The van der Waals surface area contributed by atoms with Crippen molar-refractivity contribution in [2.75, 3.05) is 29.6 Å². The number of nitriles is 1. The zero-order valence-corrected chi connectivity index (χ0v) is 20.0. The van der Waals surface area contributed by atoms with Crippen molar-refractivity contribution < 1.29 is 9.21 Å². The molecule has 0 saturated carbocycles. The van der Waals surface area contributed by atoms with Crippen molar-refractivity contribution in [3.8, 4) is 6.07 Å². The number of Topliss-reactive ketones (excluding diaryl/α,β-unsaturated/α-hetero) is 1. The molecule has 0 amide bonds. The minimum Gasteiger partial charge on any atom is -0.467 e. The SMILES string of the molecule is CN1C(=C(C#N)C(=O)CSc2nc3ccccc3c(=O)n2Cc2ccco2)N(C)c2ccccc21. The average Bonchev–Trinajstić information content (AvgIpc) is 3.48. The number of rotatable bonds is 6. The van der Waals surface area contributed by atoms with Crippen molar-refractivity contribution in [1.82, 2.24) is 9.55 Å². The largest absolute Gasteiger partial charge is 0.467 e. The Balaban J connectivity index is 1.48. The number of carbonyl (C=O) groups is 1. The second-order valence-electron chi connectivity index (χ2n) is 8.01. The molecule has 0 fully saturated rings. The number of benzene rings is 2. The molecule has 2 aromatic heterocycles. The summed E-state index contributed by atoms with van der Waals surface area (Å²) in [6.45, 7) is 0.188. The first-order valence-corrected chi connectivity index (χ1v) is 11.9. The predicted molar refractivity (Wildman–Crippen MR) is 135 cm³/mol. The Morgan fingerprint density at radius 3 is 2.37 bits per heavy atom. The molecule has 0 spiro atoms. The summed E-state index contributed by atoms with van der Waals surface area (Å²) in [5.41, 5.74) is 2.22. The molecule has 174 valence electrons. The molecule has 0 aliphatic carbocycles. The fourth-order valence-electron chi connectivity index (χ4n) is 4.21. The standard InChI is InChI=1S/C26H21N5O3S/c1-29-21-11-5-6-12-22(21)30(2)24(29)19(14-27)23(32)16-35-26-28-20-10-4-3-9-18(20)25(33)31(26)15-17-8-7-13-34-17/h3-13H,15-16H2,1-2H3. The number of para-hydroxylation sites is 3. The van der Waals surface area contributed by atoms with Gasteiger partial charge in [0.25, 0.3) is 5.56 Å². The number of aromatic nitrogens is 2. The van der Waals surface area contributed by atoms with E-state index in [2.05, 4.69) is 11.1 Å². The lowest BCUT2D eigenvalue weighted by molar-refractivity contribution is -0.112. The van der Waals surface area contributed by atoms with E-state index in [0.717, 1.165) is 23.1 Å². The summed E-state index contributed by atoms with van der Waals surface area (Å²) < 4.78 is 6.94. The normalized spacial score (nSPS) is 12.7. The Kier molecular flexibility index (Phi) is 5.89. The van der Waals surface area contributed by atoms with Crippen LogP contribution in [0.3, 0.4) is 0 Å². The van der Waals surface area contributed by atoms with E-state index in [1.54, 1.807) is 36.6 Å². The number of furan rings is 1. The Labute approximate surface area is 205 Å². The van der Waals surface area contributed by atoms with Crippen molar-refractivity contribution in [2.24, 2.45) is 0 Å². The molecule has 0 atom stereocenters. The van der Waals surface area contributed by atoms with Gasteiger partial charge in [-0.2, -0.15) is 5.26 Å². The number of hydrogen-bond donors (Lipinski definition) is 0. The molecular formula is C26H21N5O3S. The van der Waals surface area contributed by atoms with Crippen molar-refractivity contribution >= 4 is 39.8 Å². The first kappa shape index (κ1) is 22.5. The van der Waals surface area contributed by atoms with E-state index in [1.807, 2.05) is 54.2 Å². The number of anilines is 2. The molecule has 0 saturated heterocycles. The van der Waals surface area contributed by atoms with Gasteiger partial charge < -0.3 is 14.2 Å². The maximum Gasteiger partial charge on any atom is 0.262 e. The van der Waals surface area contributed by atoms with Gasteiger partial charge in [-0.1, -0.05) is 36.0 Å². The van der Waals surface area contributed by atoms with Crippen LogP contribution in [0, 0.1) is 11.3 Å². The van der Waals surface area contributed by atoms with Crippen LogP contribution in [-0.2, 0) is 11.3 Å². The van der Waals surface area contributed by atoms with E-state index in [0.29, 0.717) is 27.6 Å². The highest BCUT2D eigenvalue weighted by atomic mass is 32.2. The molecule has 3 heterocycles. The summed E-state index contributed by atoms with van der Waals surface area (Å²) in [4.78, 5) is 34.8. The molecule has 0 radical (unpaired) electrons.